The van der Waals surface area contributed by atoms with E-state index in [2.05, 4.69) is 15.8 Å². The molecule has 0 saturated carbocycles. The summed E-state index contributed by atoms with van der Waals surface area (Å²) in [5.41, 5.74) is 3.30. The fourth-order valence-electron chi connectivity index (χ4n) is 2.31. The van der Waals surface area contributed by atoms with E-state index >= 15 is 0 Å². The Morgan fingerprint density at radius 3 is 2.67 bits per heavy atom. The molecule has 1 fully saturated rings. The second kappa shape index (κ2) is 8.70. The highest BCUT2D eigenvalue weighted by molar-refractivity contribution is 7.80. The number of hydrazone groups is 1. The minimum Gasteiger partial charge on any atom is -0.388 e. The number of halogens is 1. The van der Waals surface area contributed by atoms with Crippen LogP contribution in [0.2, 0.25) is 5.02 Å². The Hall–Kier alpha value is -1.29. The minimum atomic E-state index is -1.32. The van der Waals surface area contributed by atoms with Gasteiger partial charge in [0, 0.05) is 10.6 Å². The van der Waals surface area contributed by atoms with Crippen LogP contribution in [-0.4, -0.2) is 57.3 Å². The number of hydrogen-bond acceptors (Lipinski definition) is 6. The van der Waals surface area contributed by atoms with E-state index in [1.54, 1.807) is 19.1 Å². The first-order valence-corrected chi connectivity index (χ1v) is 8.26. The number of hydrogen-bond donors (Lipinski definition) is 5. The van der Waals surface area contributed by atoms with Gasteiger partial charge in [0.05, 0.1) is 12.3 Å². The van der Waals surface area contributed by atoms with Gasteiger partial charge in [0.2, 0.25) is 0 Å². The van der Waals surface area contributed by atoms with E-state index in [1.165, 1.54) is 6.21 Å². The van der Waals surface area contributed by atoms with Gasteiger partial charge in [-0.1, -0.05) is 36.7 Å². The lowest BCUT2D eigenvalue weighted by molar-refractivity contribution is -0.225. The molecule has 0 aromatic heterocycles. The van der Waals surface area contributed by atoms with Crippen LogP contribution >= 0.6 is 23.8 Å². The van der Waals surface area contributed by atoms with Crippen LogP contribution in [0.25, 0.3) is 0 Å². The molecule has 0 aliphatic carbocycles. The van der Waals surface area contributed by atoms with Gasteiger partial charge in [-0.2, -0.15) is 5.10 Å². The maximum atomic E-state index is 9.97. The average molecular weight is 374 g/mol. The lowest BCUT2D eigenvalue weighted by Crippen LogP contribution is -2.62. The first-order valence-electron chi connectivity index (χ1n) is 7.47. The van der Waals surface area contributed by atoms with Gasteiger partial charge < -0.3 is 25.4 Å². The smallest absolute Gasteiger partial charge is 0.189 e. The third-order valence-electron chi connectivity index (χ3n) is 3.66. The van der Waals surface area contributed by atoms with Crippen molar-refractivity contribution in [1.29, 1.82) is 0 Å². The number of aliphatic hydroxyl groups excluding tert-OH is 3. The van der Waals surface area contributed by atoms with E-state index < -0.39 is 30.6 Å². The van der Waals surface area contributed by atoms with Crippen molar-refractivity contribution < 1.29 is 20.1 Å². The Morgan fingerprint density at radius 1 is 1.29 bits per heavy atom. The van der Waals surface area contributed by atoms with Crippen molar-refractivity contribution in [2.45, 2.75) is 44.0 Å². The number of nitrogens with one attached hydrogen (secondary N) is 2. The second-order valence-electron chi connectivity index (χ2n) is 5.34. The zero-order chi connectivity index (χ0) is 17.7. The van der Waals surface area contributed by atoms with Crippen molar-refractivity contribution in [1.82, 2.24) is 10.7 Å². The van der Waals surface area contributed by atoms with E-state index in [4.69, 9.17) is 28.6 Å². The number of nitrogens with zero attached hydrogens (tertiary/aromatic N) is 1. The lowest BCUT2D eigenvalue weighted by atomic mass is 9.96. The van der Waals surface area contributed by atoms with Crippen LogP contribution in [0.1, 0.15) is 18.9 Å². The third kappa shape index (κ3) is 4.62. The van der Waals surface area contributed by atoms with Crippen LogP contribution in [0, 0.1) is 0 Å². The van der Waals surface area contributed by atoms with Gasteiger partial charge in [0.15, 0.2) is 11.3 Å². The van der Waals surface area contributed by atoms with Crippen LogP contribution in [0.5, 0.6) is 0 Å². The molecule has 0 unspecified atom stereocenters. The van der Waals surface area contributed by atoms with Gasteiger partial charge >= 0.3 is 0 Å². The number of benzene rings is 1. The quantitative estimate of drug-likeness (QED) is 0.294. The summed E-state index contributed by atoms with van der Waals surface area (Å²) in [5, 5.41) is 37.0. The molecule has 7 nitrogen and oxygen atoms in total. The molecule has 1 aromatic carbocycles. The topological polar surface area (TPSA) is 106 Å². The standard InChI is InChI=1S/C15H20ClN3O4S/c1-2-10-11(20)12(21)13(22)14(23-10)18-15(24)19-17-7-8-5-3-4-6-9(8)16/h3-7,10-14,20-22H,2H2,1H3,(H2,18,19,24)/b17-7+/t10-,11-,12+,13-,14-/m1/s1. The Bertz CT molecular complexity index is 602. The molecule has 1 aromatic rings. The van der Waals surface area contributed by atoms with E-state index in [0.717, 1.165) is 0 Å². The van der Waals surface area contributed by atoms with Crippen LogP contribution in [-0.2, 0) is 4.74 Å². The molecule has 1 saturated heterocycles. The predicted molar refractivity (Wildman–Crippen MR) is 94.9 cm³/mol. The van der Waals surface area contributed by atoms with Crippen molar-refractivity contribution in [3.63, 3.8) is 0 Å². The molecular weight excluding hydrogens is 354 g/mol. The molecule has 5 N–H and O–H groups in total. The normalized spacial score (nSPS) is 30.3. The number of thiocarbonyl (C=S) groups is 1. The zero-order valence-electron chi connectivity index (χ0n) is 13.0. The molecule has 5 atom stereocenters. The molecule has 1 aliphatic rings. The van der Waals surface area contributed by atoms with E-state index in [0.29, 0.717) is 17.0 Å². The Kier molecular flexibility index (Phi) is 6.90. The second-order valence-corrected chi connectivity index (χ2v) is 6.16. The van der Waals surface area contributed by atoms with Gasteiger partial charge in [-0.05, 0) is 24.7 Å². The number of ether oxygens (including phenoxy) is 1. The fourth-order valence-corrected chi connectivity index (χ4v) is 2.66. The summed E-state index contributed by atoms with van der Waals surface area (Å²) in [6, 6.07) is 7.17. The van der Waals surface area contributed by atoms with Gasteiger partial charge in [-0.3, -0.25) is 5.43 Å². The van der Waals surface area contributed by atoms with Gasteiger partial charge in [-0.15, -0.1) is 0 Å². The van der Waals surface area contributed by atoms with Gasteiger partial charge in [-0.25, -0.2) is 0 Å². The molecule has 24 heavy (non-hydrogen) atoms. The molecule has 0 spiro atoms. The van der Waals surface area contributed by atoms with Crippen molar-refractivity contribution in [3.8, 4) is 0 Å². The fraction of sp³-hybridized carbons (Fsp3) is 0.467. The molecule has 2 rings (SSSR count). The summed E-state index contributed by atoms with van der Waals surface area (Å²) in [6.07, 6.45) is -3.37. The van der Waals surface area contributed by atoms with E-state index in [1.807, 2.05) is 12.1 Å². The predicted octanol–water partition coefficient (Wildman–Crippen LogP) is 0.356. The highest BCUT2D eigenvalue weighted by Gasteiger charge is 2.43. The van der Waals surface area contributed by atoms with Gasteiger partial charge in [0.1, 0.15) is 18.3 Å². The maximum absolute atomic E-state index is 9.97. The number of rotatable bonds is 4. The minimum absolute atomic E-state index is 0.0980. The highest BCUT2D eigenvalue weighted by Crippen LogP contribution is 2.21. The lowest BCUT2D eigenvalue weighted by Gasteiger charge is -2.40. The van der Waals surface area contributed by atoms with Crippen LogP contribution in [0.15, 0.2) is 29.4 Å². The van der Waals surface area contributed by atoms with Crippen molar-refractivity contribution in [2.75, 3.05) is 0 Å². The Labute approximate surface area is 150 Å². The molecule has 1 aliphatic heterocycles. The van der Waals surface area contributed by atoms with Crippen LogP contribution < -0.4 is 10.7 Å². The zero-order valence-corrected chi connectivity index (χ0v) is 14.5. The number of aliphatic hydroxyl groups is 3. The first kappa shape index (κ1) is 19.0. The largest absolute Gasteiger partial charge is 0.388 e. The van der Waals surface area contributed by atoms with E-state index in [9.17, 15) is 15.3 Å². The summed E-state index contributed by atoms with van der Waals surface area (Å²) in [4.78, 5) is 0. The van der Waals surface area contributed by atoms with Crippen molar-refractivity contribution in [2.24, 2.45) is 5.10 Å². The maximum Gasteiger partial charge on any atom is 0.189 e. The summed E-state index contributed by atoms with van der Waals surface area (Å²) >= 11 is 11.1. The SMILES string of the molecule is CC[C@H]1O[C@@H](NC(=S)N/N=C/c2ccccc2Cl)[C@H](O)[C@@H](O)[C@@H]1O. The van der Waals surface area contributed by atoms with Crippen molar-refractivity contribution >= 4 is 35.1 Å². The molecule has 0 amide bonds. The summed E-state index contributed by atoms with van der Waals surface area (Å²) in [5.74, 6) is 0. The Morgan fingerprint density at radius 2 is 2.00 bits per heavy atom. The molecular formula is C15H20ClN3O4S. The molecule has 0 radical (unpaired) electrons. The summed E-state index contributed by atoms with van der Waals surface area (Å²) < 4.78 is 5.51. The average Bonchev–Trinajstić information content (AvgIpc) is 2.57. The first-order chi connectivity index (χ1) is 11.4. The third-order valence-corrected chi connectivity index (χ3v) is 4.22. The molecule has 0 bridgehead atoms. The van der Waals surface area contributed by atoms with Crippen LogP contribution in [0.3, 0.4) is 0 Å². The molecule has 9 heteroatoms. The van der Waals surface area contributed by atoms with E-state index in [-0.39, 0.29) is 5.11 Å². The van der Waals surface area contributed by atoms with Crippen LogP contribution in [0.4, 0.5) is 0 Å². The van der Waals surface area contributed by atoms with Crippen molar-refractivity contribution in [3.05, 3.63) is 34.9 Å². The summed E-state index contributed by atoms with van der Waals surface area (Å²) in [7, 11) is 0. The summed E-state index contributed by atoms with van der Waals surface area (Å²) in [6.45, 7) is 1.81. The monoisotopic (exact) mass is 373 g/mol. The molecule has 132 valence electrons. The van der Waals surface area contributed by atoms with Gasteiger partial charge in [0.25, 0.3) is 0 Å². The Balaban J connectivity index is 1.91. The highest BCUT2D eigenvalue weighted by atomic mass is 35.5. The molecule has 1 heterocycles.